The lowest BCUT2D eigenvalue weighted by atomic mass is 10.2. The zero-order valence-corrected chi connectivity index (χ0v) is 16.1. The Labute approximate surface area is 161 Å². The third-order valence-electron chi connectivity index (χ3n) is 4.15. The number of hydrogen-bond donors (Lipinski definition) is 1. The van der Waals surface area contributed by atoms with E-state index in [2.05, 4.69) is 4.98 Å². The third-order valence-corrected chi connectivity index (χ3v) is 4.48. The molecule has 0 bridgehead atoms. The second-order valence-electron chi connectivity index (χ2n) is 7.41. The number of hydrogen-bond acceptors (Lipinski definition) is 5. The number of carbonyl (C=O) groups excluding carboxylic acids is 1. The Morgan fingerprint density at radius 1 is 1.30 bits per heavy atom. The summed E-state index contributed by atoms with van der Waals surface area (Å²) in [5, 5.41) is 10.8. The van der Waals surface area contributed by atoms with E-state index >= 15 is 0 Å². The van der Waals surface area contributed by atoms with Crippen LogP contribution in [-0.4, -0.2) is 51.3 Å². The van der Waals surface area contributed by atoms with Crippen LogP contribution in [0.5, 0.6) is 5.75 Å². The Morgan fingerprint density at radius 3 is 2.70 bits per heavy atom. The van der Waals surface area contributed by atoms with Gasteiger partial charge in [-0.3, -0.25) is 9.88 Å². The zero-order chi connectivity index (χ0) is 19.8. The number of fused-ring (bicyclic) bond motifs is 1. The van der Waals surface area contributed by atoms with E-state index in [4.69, 9.17) is 21.1 Å². The van der Waals surface area contributed by atoms with Gasteiger partial charge >= 0.3 is 12.1 Å². The first-order chi connectivity index (χ1) is 12.7. The van der Waals surface area contributed by atoms with E-state index in [-0.39, 0.29) is 13.0 Å². The number of pyridine rings is 1. The number of nitrogens with zero attached hydrogens (tertiary/aromatic N) is 2. The molecule has 3 rings (SSSR count). The van der Waals surface area contributed by atoms with Crippen LogP contribution in [0.25, 0.3) is 10.9 Å². The standard InChI is InChI=1S/C19H21ClN2O5/c1-19(2,3)27-18(25)22-10-11(9-14(22)17(23)24)26-15-7-6-13(20)12-5-4-8-21-16(12)15/h4-8,11,14H,9-10H2,1-3H3,(H,23,24). The van der Waals surface area contributed by atoms with Gasteiger partial charge in [-0.1, -0.05) is 11.6 Å². The van der Waals surface area contributed by atoms with Gasteiger partial charge in [-0.2, -0.15) is 0 Å². The summed E-state index contributed by atoms with van der Waals surface area (Å²) in [4.78, 5) is 29.5. The lowest BCUT2D eigenvalue weighted by Crippen LogP contribution is -2.43. The molecule has 1 amide bonds. The fourth-order valence-electron chi connectivity index (χ4n) is 3.03. The third kappa shape index (κ3) is 4.24. The first-order valence-corrected chi connectivity index (χ1v) is 8.96. The number of carboxylic acid groups (broad SMARTS) is 1. The molecule has 2 unspecified atom stereocenters. The number of carbonyl (C=O) groups is 2. The van der Waals surface area contributed by atoms with E-state index < -0.39 is 29.8 Å². The highest BCUT2D eigenvalue weighted by molar-refractivity contribution is 6.35. The van der Waals surface area contributed by atoms with Crippen LogP contribution in [0, 0.1) is 0 Å². The maximum atomic E-state index is 12.4. The smallest absolute Gasteiger partial charge is 0.411 e. The predicted octanol–water partition coefficient (Wildman–Crippen LogP) is 3.73. The lowest BCUT2D eigenvalue weighted by Gasteiger charge is -2.26. The van der Waals surface area contributed by atoms with E-state index in [0.717, 1.165) is 5.39 Å². The van der Waals surface area contributed by atoms with Crippen molar-refractivity contribution in [1.29, 1.82) is 0 Å². The summed E-state index contributed by atoms with van der Waals surface area (Å²) in [6.07, 6.45) is 0.628. The van der Waals surface area contributed by atoms with Crippen molar-refractivity contribution in [3.05, 3.63) is 35.5 Å². The minimum Gasteiger partial charge on any atom is -0.486 e. The van der Waals surface area contributed by atoms with Crippen LogP contribution in [0.4, 0.5) is 4.79 Å². The van der Waals surface area contributed by atoms with Gasteiger partial charge in [0.1, 0.15) is 29.0 Å². The largest absolute Gasteiger partial charge is 0.486 e. The quantitative estimate of drug-likeness (QED) is 0.856. The Morgan fingerprint density at radius 2 is 2.04 bits per heavy atom. The molecule has 7 nitrogen and oxygen atoms in total. The number of likely N-dealkylation sites (tertiary alicyclic amines) is 1. The summed E-state index contributed by atoms with van der Waals surface area (Å²) >= 11 is 6.19. The number of aromatic nitrogens is 1. The van der Waals surface area contributed by atoms with Crippen molar-refractivity contribution in [2.24, 2.45) is 0 Å². The number of aliphatic carboxylic acids is 1. The molecular formula is C19H21ClN2O5. The molecule has 8 heteroatoms. The summed E-state index contributed by atoms with van der Waals surface area (Å²) in [5.74, 6) is -0.596. The molecule has 0 radical (unpaired) electrons. The normalized spacial score (nSPS) is 19.9. The van der Waals surface area contributed by atoms with Crippen molar-refractivity contribution >= 4 is 34.6 Å². The summed E-state index contributed by atoms with van der Waals surface area (Å²) in [6.45, 7) is 5.31. The molecule has 0 saturated carbocycles. The average Bonchev–Trinajstić information content (AvgIpc) is 3.01. The van der Waals surface area contributed by atoms with Gasteiger partial charge in [0.05, 0.1) is 11.6 Å². The number of ether oxygens (including phenoxy) is 2. The summed E-state index contributed by atoms with van der Waals surface area (Å²) in [7, 11) is 0. The highest BCUT2D eigenvalue weighted by Gasteiger charge is 2.42. The van der Waals surface area contributed by atoms with Gasteiger partial charge in [0.25, 0.3) is 0 Å². The van der Waals surface area contributed by atoms with Gasteiger partial charge in [0.2, 0.25) is 0 Å². The van der Waals surface area contributed by atoms with Crippen molar-refractivity contribution in [2.75, 3.05) is 6.54 Å². The summed E-state index contributed by atoms with van der Waals surface area (Å²) in [6, 6.07) is 6.01. The van der Waals surface area contributed by atoms with E-state index in [1.807, 2.05) is 6.07 Å². The molecule has 2 atom stereocenters. The van der Waals surface area contributed by atoms with Crippen LogP contribution in [0.15, 0.2) is 30.5 Å². The number of amides is 1. The molecule has 1 aliphatic heterocycles. The van der Waals surface area contributed by atoms with E-state index in [9.17, 15) is 14.7 Å². The predicted molar refractivity (Wildman–Crippen MR) is 100 cm³/mol. The first kappa shape index (κ1) is 19.2. The van der Waals surface area contributed by atoms with Crippen LogP contribution < -0.4 is 4.74 Å². The van der Waals surface area contributed by atoms with Crippen LogP contribution >= 0.6 is 11.6 Å². The van der Waals surface area contributed by atoms with Gasteiger partial charge in [0, 0.05) is 18.0 Å². The van der Waals surface area contributed by atoms with Crippen LogP contribution in [0.3, 0.4) is 0 Å². The Hall–Kier alpha value is -2.54. The molecule has 1 aromatic heterocycles. The molecule has 144 valence electrons. The number of halogens is 1. The molecule has 0 spiro atoms. The lowest BCUT2D eigenvalue weighted by molar-refractivity contribution is -0.142. The van der Waals surface area contributed by atoms with Crippen molar-refractivity contribution in [1.82, 2.24) is 9.88 Å². The fourth-order valence-corrected chi connectivity index (χ4v) is 3.24. The molecule has 1 saturated heterocycles. The topological polar surface area (TPSA) is 89.0 Å². The first-order valence-electron chi connectivity index (χ1n) is 8.58. The zero-order valence-electron chi connectivity index (χ0n) is 15.3. The summed E-state index contributed by atoms with van der Waals surface area (Å²) < 4.78 is 11.3. The Bertz CT molecular complexity index is 880. The van der Waals surface area contributed by atoms with E-state index in [1.54, 1.807) is 45.2 Å². The second kappa shape index (κ2) is 7.23. The van der Waals surface area contributed by atoms with Gasteiger partial charge in [-0.05, 0) is 45.0 Å². The minimum atomic E-state index is -1.09. The van der Waals surface area contributed by atoms with Crippen molar-refractivity contribution < 1.29 is 24.2 Å². The SMILES string of the molecule is CC(C)(C)OC(=O)N1CC(Oc2ccc(Cl)c3cccnc23)CC1C(=O)O. The molecule has 1 N–H and O–H groups in total. The van der Waals surface area contributed by atoms with Crippen LogP contribution in [-0.2, 0) is 9.53 Å². The van der Waals surface area contributed by atoms with E-state index in [1.165, 1.54) is 4.90 Å². The van der Waals surface area contributed by atoms with Crippen molar-refractivity contribution in [3.63, 3.8) is 0 Å². The minimum absolute atomic E-state index is 0.114. The number of rotatable bonds is 3. The maximum Gasteiger partial charge on any atom is 0.411 e. The van der Waals surface area contributed by atoms with Gasteiger partial charge in [-0.25, -0.2) is 9.59 Å². The number of benzene rings is 1. The monoisotopic (exact) mass is 392 g/mol. The molecule has 1 fully saturated rings. The van der Waals surface area contributed by atoms with Gasteiger partial charge in [-0.15, -0.1) is 0 Å². The second-order valence-corrected chi connectivity index (χ2v) is 7.81. The molecule has 27 heavy (non-hydrogen) atoms. The molecule has 0 aliphatic carbocycles. The average molecular weight is 393 g/mol. The van der Waals surface area contributed by atoms with Gasteiger partial charge < -0.3 is 14.6 Å². The summed E-state index contributed by atoms with van der Waals surface area (Å²) in [5.41, 5.74) is -0.123. The van der Waals surface area contributed by atoms with Crippen molar-refractivity contribution in [2.45, 2.75) is 44.9 Å². The van der Waals surface area contributed by atoms with Crippen LogP contribution in [0.2, 0.25) is 5.02 Å². The van der Waals surface area contributed by atoms with Gasteiger partial charge in [0.15, 0.2) is 0 Å². The maximum absolute atomic E-state index is 12.4. The molecule has 1 aromatic carbocycles. The highest BCUT2D eigenvalue weighted by Crippen LogP contribution is 2.32. The Balaban J connectivity index is 1.82. The molecule has 2 heterocycles. The highest BCUT2D eigenvalue weighted by atomic mass is 35.5. The molecule has 1 aliphatic rings. The van der Waals surface area contributed by atoms with E-state index in [0.29, 0.717) is 16.3 Å². The molecular weight excluding hydrogens is 372 g/mol. The fraction of sp³-hybridized carbons (Fsp3) is 0.421. The molecule has 2 aromatic rings. The van der Waals surface area contributed by atoms with Crippen molar-refractivity contribution in [3.8, 4) is 5.75 Å². The number of carboxylic acids is 1. The van der Waals surface area contributed by atoms with Crippen LogP contribution in [0.1, 0.15) is 27.2 Å². The Kier molecular flexibility index (Phi) is 5.15.